The van der Waals surface area contributed by atoms with Gasteiger partial charge in [0.1, 0.15) is 5.57 Å². The molecular weight excluding hydrogens is 194 g/mol. The first-order chi connectivity index (χ1) is 7.08. The number of fused-ring (bicyclic) bond motifs is 1. The van der Waals surface area contributed by atoms with Crippen LogP contribution in [0.3, 0.4) is 0 Å². The van der Waals surface area contributed by atoms with Crippen molar-refractivity contribution in [1.29, 1.82) is 0 Å². The lowest BCUT2D eigenvalue weighted by Crippen LogP contribution is -2.23. The first kappa shape index (κ1) is 9.58. The van der Waals surface area contributed by atoms with Crippen molar-refractivity contribution in [2.75, 3.05) is 0 Å². The van der Waals surface area contributed by atoms with Gasteiger partial charge in [-0.25, -0.2) is 9.79 Å². The van der Waals surface area contributed by atoms with Crippen LogP contribution in [0.4, 0.5) is 0 Å². The highest BCUT2D eigenvalue weighted by atomic mass is 16.4. The summed E-state index contributed by atoms with van der Waals surface area (Å²) in [5, 5.41) is 8.75. The number of hydrogen-bond donors (Lipinski definition) is 1. The van der Waals surface area contributed by atoms with Crippen molar-refractivity contribution in [3.8, 4) is 0 Å². The zero-order chi connectivity index (χ0) is 11.0. The molecule has 0 saturated heterocycles. The maximum Gasteiger partial charge on any atom is 0.341 e. The average Bonchev–Trinajstić information content (AvgIpc) is 2.15. The summed E-state index contributed by atoms with van der Waals surface area (Å²) in [7, 11) is 0. The normalized spacial score (nSPS) is 23.9. The van der Waals surface area contributed by atoms with E-state index in [4.69, 9.17) is 5.11 Å². The van der Waals surface area contributed by atoms with Gasteiger partial charge in [0.2, 0.25) is 0 Å². The average molecular weight is 203 g/mol. The van der Waals surface area contributed by atoms with Gasteiger partial charge in [-0.05, 0) is 18.6 Å². The molecule has 1 heterocycles. The Balaban J connectivity index is 2.41. The van der Waals surface area contributed by atoms with Gasteiger partial charge in [0.25, 0.3) is 5.91 Å². The molecule has 0 radical (unpaired) electrons. The van der Waals surface area contributed by atoms with Crippen LogP contribution in [-0.4, -0.2) is 22.7 Å². The molecular formula is C11H9NO3. The first-order valence-electron chi connectivity index (χ1n) is 4.52. The van der Waals surface area contributed by atoms with Crippen LogP contribution in [-0.2, 0) is 9.59 Å². The summed E-state index contributed by atoms with van der Waals surface area (Å²) in [5.74, 6) is -2.08. The van der Waals surface area contributed by atoms with Crippen LogP contribution in [0.2, 0.25) is 0 Å². The Bertz CT molecular complexity index is 466. The molecule has 0 saturated carbocycles. The van der Waals surface area contributed by atoms with Crippen LogP contribution in [0.25, 0.3) is 0 Å². The molecule has 0 aromatic heterocycles. The molecule has 0 aromatic carbocycles. The van der Waals surface area contributed by atoms with Crippen molar-refractivity contribution in [2.24, 2.45) is 10.9 Å². The monoisotopic (exact) mass is 203 g/mol. The van der Waals surface area contributed by atoms with E-state index in [0.717, 1.165) is 5.57 Å². The van der Waals surface area contributed by atoms with Crippen LogP contribution in [0.5, 0.6) is 0 Å². The Morgan fingerprint density at radius 3 is 2.93 bits per heavy atom. The van der Waals surface area contributed by atoms with Gasteiger partial charge >= 0.3 is 5.97 Å². The molecule has 1 unspecified atom stereocenters. The van der Waals surface area contributed by atoms with Crippen molar-refractivity contribution >= 4 is 17.6 Å². The van der Waals surface area contributed by atoms with E-state index in [1.807, 2.05) is 19.1 Å². The third-order valence-corrected chi connectivity index (χ3v) is 2.32. The molecule has 0 fully saturated rings. The number of aliphatic carboxylic acids is 1. The first-order valence-corrected chi connectivity index (χ1v) is 4.52. The van der Waals surface area contributed by atoms with E-state index >= 15 is 0 Å². The molecule has 2 aliphatic rings. The summed E-state index contributed by atoms with van der Waals surface area (Å²) < 4.78 is 0. The molecule has 1 aliphatic carbocycles. The molecule has 1 amide bonds. The second-order valence-electron chi connectivity index (χ2n) is 3.50. The van der Waals surface area contributed by atoms with Gasteiger partial charge in [0, 0.05) is 5.92 Å². The maximum atomic E-state index is 11.3. The van der Waals surface area contributed by atoms with Gasteiger partial charge in [-0.2, -0.15) is 0 Å². The Kier molecular flexibility index (Phi) is 2.11. The highest BCUT2D eigenvalue weighted by Crippen LogP contribution is 2.21. The second-order valence-corrected chi connectivity index (χ2v) is 3.50. The predicted molar refractivity (Wildman–Crippen MR) is 54.5 cm³/mol. The number of carboxylic acids is 1. The number of aliphatic imine (C=N–C) groups is 1. The van der Waals surface area contributed by atoms with Crippen LogP contribution < -0.4 is 0 Å². The van der Waals surface area contributed by atoms with E-state index in [0.29, 0.717) is 5.71 Å². The molecule has 76 valence electrons. The number of hydrogen-bond acceptors (Lipinski definition) is 2. The number of rotatable bonds is 1. The molecule has 4 nitrogen and oxygen atoms in total. The Morgan fingerprint density at radius 2 is 2.27 bits per heavy atom. The van der Waals surface area contributed by atoms with Crippen LogP contribution in [0.1, 0.15) is 6.92 Å². The van der Waals surface area contributed by atoms with Crippen molar-refractivity contribution in [3.05, 3.63) is 35.5 Å². The van der Waals surface area contributed by atoms with E-state index in [1.54, 1.807) is 6.08 Å². The zero-order valence-corrected chi connectivity index (χ0v) is 8.10. The quantitative estimate of drug-likeness (QED) is 0.649. The molecule has 1 atom stereocenters. The standard InChI is InChI=1S/C11H9NO3/c1-6-2-3-7-5-8(11(14)15)10(13)12-9(7)4-6/h2-5,7H,1H3,(H,14,15). The number of carbonyl (C=O) groups is 2. The second kappa shape index (κ2) is 3.31. The van der Waals surface area contributed by atoms with E-state index in [9.17, 15) is 9.59 Å². The van der Waals surface area contributed by atoms with Gasteiger partial charge in [0.05, 0.1) is 5.71 Å². The molecule has 15 heavy (non-hydrogen) atoms. The molecule has 0 spiro atoms. The van der Waals surface area contributed by atoms with E-state index < -0.39 is 11.9 Å². The van der Waals surface area contributed by atoms with Crippen LogP contribution in [0, 0.1) is 5.92 Å². The molecule has 2 rings (SSSR count). The molecule has 1 N–H and O–H groups in total. The Labute approximate surface area is 86.3 Å². The van der Waals surface area contributed by atoms with Gasteiger partial charge in [-0.3, -0.25) is 4.79 Å². The number of allylic oxidation sites excluding steroid dienone is 5. The number of dihydropyridines is 1. The summed E-state index contributed by atoms with van der Waals surface area (Å²) in [6.45, 7) is 1.90. The fraction of sp³-hybridized carbons (Fsp3) is 0.182. The fourth-order valence-corrected chi connectivity index (χ4v) is 1.57. The minimum atomic E-state index is -1.22. The van der Waals surface area contributed by atoms with Crippen LogP contribution in [0.15, 0.2) is 40.4 Å². The summed E-state index contributed by atoms with van der Waals surface area (Å²) in [6.07, 6.45) is 6.95. The predicted octanol–water partition coefficient (Wildman–Crippen LogP) is 1.11. The van der Waals surface area contributed by atoms with Crippen molar-refractivity contribution in [2.45, 2.75) is 6.92 Å². The largest absolute Gasteiger partial charge is 0.478 e. The summed E-state index contributed by atoms with van der Waals surface area (Å²) in [4.78, 5) is 25.8. The third kappa shape index (κ3) is 1.66. The molecule has 0 aromatic rings. The highest BCUT2D eigenvalue weighted by Gasteiger charge is 2.26. The summed E-state index contributed by atoms with van der Waals surface area (Å²) >= 11 is 0. The summed E-state index contributed by atoms with van der Waals surface area (Å²) in [6, 6.07) is 0. The van der Waals surface area contributed by atoms with E-state index in [1.165, 1.54) is 6.08 Å². The van der Waals surface area contributed by atoms with Crippen LogP contribution >= 0.6 is 0 Å². The third-order valence-electron chi connectivity index (χ3n) is 2.32. The lowest BCUT2D eigenvalue weighted by Gasteiger charge is -2.17. The number of carboxylic acid groups (broad SMARTS) is 1. The lowest BCUT2D eigenvalue weighted by molar-refractivity contribution is -0.134. The minimum Gasteiger partial charge on any atom is -0.478 e. The van der Waals surface area contributed by atoms with E-state index in [2.05, 4.69) is 4.99 Å². The van der Waals surface area contributed by atoms with Gasteiger partial charge in [-0.15, -0.1) is 0 Å². The van der Waals surface area contributed by atoms with Crippen molar-refractivity contribution < 1.29 is 14.7 Å². The van der Waals surface area contributed by atoms with Crippen molar-refractivity contribution in [3.63, 3.8) is 0 Å². The van der Waals surface area contributed by atoms with Gasteiger partial charge in [0.15, 0.2) is 0 Å². The molecule has 4 heteroatoms. The number of nitrogens with zero attached hydrogens (tertiary/aromatic N) is 1. The maximum absolute atomic E-state index is 11.3. The SMILES string of the molecule is CC1=CC2=NC(=O)C(C(=O)O)=CC2C=C1. The highest BCUT2D eigenvalue weighted by molar-refractivity contribution is 6.23. The number of amides is 1. The smallest absolute Gasteiger partial charge is 0.341 e. The van der Waals surface area contributed by atoms with E-state index in [-0.39, 0.29) is 11.5 Å². The topological polar surface area (TPSA) is 66.7 Å². The Hall–Kier alpha value is -1.97. The Morgan fingerprint density at radius 1 is 1.53 bits per heavy atom. The fourth-order valence-electron chi connectivity index (χ4n) is 1.57. The molecule has 1 aliphatic heterocycles. The molecule has 0 bridgehead atoms. The summed E-state index contributed by atoms with van der Waals surface area (Å²) in [5.41, 5.74) is 1.37. The minimum absolute atomic E-state index is 0.183. The van der Waals surface area contributed by atoms with Gasteiger partial charge in [-0.1, -0.05) is 18.2 Å². The zero-order valence-electron chi connectivity index (χ0n) is 8.10. The van der Waals surface area contributed by atoms with Gasteiger partial charge < -0.3 is 5.11 Å². The number of carbonyl (C=O) groups excluding carboxylic acids is 1. The lowest BCUT2D eigenvalue weighted by atomic mass is 9.90. The van der Waals surface area contributed by atoms with Crippen molar-refractivity contribution in [1.82, 2.24) is 0 Å².